The minimum Gasteiger partial charge on any atom is -0.384 e. The van der Waals surface area contributed by atoms with Gasteiger partial charge in [0.15, 0.2) is 0 Å². The van der Waals surface area contributed by atoms with E-state index < -0.39 is 0 Å². The summed E-state index contributed by atoms with van der Waals surface area (Å²) in [7, 11) is 1.70. The fourth-order valence-corrected chi connectivity index (χ4v) is 4.82. The fourth-order valence-electron chi connectivity index (χ4n) is 4.82. The number of nitrogens with one attached hydrogen (secondary N) is 2. The number of rotatable bonds is 6. The van der Waals surface area contributed by atoms with Gasteiger partial charge in [0.25, 0.3) is 0 Å². The number of ether oxygens (including phenoxy) is 1. The molecule has 2 aliphatic rings. The van der Waals surface area contributed by atoms with E-state index in [0.29, 0.717) is 6.61 Å². The Morgan fingerprint density at radius 3 is 2.26 bits per heavy atom. The highest BCUT2D eigenvalue weighted by atomic mass is 35.5. The predicted molar refractivity (Wildman–Crippen MR) is 112 cm³/mol. The lowest BCUT2D eigenvalue weighted by Gasteiger charge is -2.38. The molecular formula is C22H35ClN2O2. The SMILES string of the molecule is COCC1(C(=O)NCC2(c3ccccc3)CCCCCC2)CCNCC1.Cl. The van der Waals surface area contributed by atoms with Crippen LogP contribution in [0.2, 0.25) is 0 Å². The van der Waals surface area contributed by atoms with Crippen molar-refractivity contribution in [2.75, 3.05) is 33.4 Å². The van der Waals surface area contributed by atoms with Gasteiger partial charge < -0.3 is 15.4 Å². The molecule has 27 heavy (non-hydrogen) atoms. The fraction of sp³-hybridized carbons (Fsp3) is 0.682. The van der Waals surface area contributed by atoms with Gasteiger partial charge in [0.2, 0.25) is 5.91 Å². The first-order chi connectivity index (χ1) is 12.7. The largest absolute Gasteiger partial charge is 0.384 e. The first kappa shape index (κ1) is 22.2. The molecule has 2 fully saturated rings. The number of amides is 1. The summed E-state index contributed by atoms with van der Waals surface area (Å²) in [4.78, 5) is 13.2. The van der Waals surface area contributed by atoms with Crippen LogP contribution < -0.4 is 10.6 Å². The van der Waals surface area contributed by atoms with Gasteiger partial charge in [-0.25, -0.2) is 0 Å². The number of carbonyl (C=O) groups is 1. The minimum absolute atomic E-state index is 0. The number of halogens is 1. The number of carbonyl (C=O) groups excluding carboxylic acids is 1. The zero-order valence-corrected chi connectivity index (χ0v) is 17.4. The van der Waals surface area contributed by atoms with Crippen LogP contribution in [0.3, 0.4) is 0 Å². The molecule has 152 valence electrons. The molecule has 1 aliphatic carbocycles. The monoisotopic (exact) mass is 394 g/mol. The third kappa shape index (κ3) is 5.24. The predicted octanol–water partition coefficient (Wildman–Crippen LogP) is 3.83. The van der Waals surface area contributed by atoms with Gasteiger partial charge in [0, 0.05) is 19.1 Å². The lowest BCUT2D eigenvalue weighted by molar-refractivity contribution is -0.136. The Morgan fingerprint density at radius 2 is 1.67 bits per heavy atom. The van der Waals surface area contributed by atoms with Crippen LogP contribution in [0.4, 0.5) is 0 Å². The first-order valence-electron chi connectivity index (χ1n) is 10.2. The molecule has 1 aromatic rings. The average molecular weight is 395 g/mol. The molecule has 0 spiro atoms. The molecule has 2 N–H and O–H groups in total. The quantitative estimate of drug-likeness (QED) is 0.721. The second kappa shape index (κ2) is 10.4. The Balaban J connectivity index is 0.00000261. The lowest BCUT2D eigenvalue weighted by atomic mass is 9.73. The second-order valence-corrected chi connectivity index (χ2v) is 8.21. The molecule has 1 amide bonds. The van der Waals surface area contributed by atoms with E-state index in [1.54, 1.807) is 7.11 Å². The van der Waals surface area contributed by atoms with E-state index in [2.05, 4.69) is 41.0 Å². The van der Waals surface area contributed by atoms with E-state index >= 15 is 0 Å². The van der Waals surface area contributed by atoms with Gasteiger partial charge in [0.1, 0.15) is 0 Å². The van der Waals surface area contributed by atoms with Crippen LogP contribution in [-0.4, -0.2) is 39.3 Å². The lowest BCUT2D eigenvalue weighted by Crippen LogP contribution is -2.52. The highest BCUT2D eigenvalue weighted by molar-refractivity contribution is 5.85. The number of hydrogen-bond acceptors (Lipinski definition) is 3. The maximum Gasteiger partial charge on any atom is 0.228 e. The van der Waals surface area contributed by atoms with Crippen molar-refractivity contribution in [1.82, 2.24) is 10.6 Å². The molecule has 0 unspecified atom stereocenters. The van der Waals surface area contributed by atoms with Crippen molar-refractivity contribution in [3.63, 3.8) is 0 Å². The standard InChI is InChI=1S/C22H34N2O2.ClH/c1-26-18-22(13-15-23-16-14-22)20(25)24-17-21(11-7-2-3-8-12-21)19-9-5-4-6-10-19;/h4-6,9-10,23H,2-3,7-8,11-18H2,1H3,(H,24,25);1H. The molecule has 4 nitrogen and oxygen atoms in total. The van der Waals surface area contributed by atoms with E-state index in [1.807, 2.05) is 0 Å². The summed E-state index contributed by atoms with van der Waals surface area (Å²) < 4.78 is 5.44. The molecule has 1 aromatic carbocycles. The summed E-state index contributed by atoms with van der Waals surface area (Å²) in [5.74, 6) is 0.181. The van der Waals surface area contributed by atoms with Crippen LogP contribution in [0.25, 0.3) is 0 Å². The van der Waals surface area contributed by atoms with Crippen LogP contribution >= 0.6 is 12.4 Å². The normalized spacial score (nSPS) is 21.5. The maximum absolute atomic E-state index is 13.2. The van der Waals surface area contributed by atoms with E-state index in [0.717, 1.165) is 45.3 Å². The summed E-state index contributed by atoms with van der Waals surface area (Å²) in [5.41, 5.74) is 1.09. The topological polar surface area (TPSA) is 50.4 Å². The zero-order valence-electron chi connectivity index (χ0n) is 16.6. The van der Waals surface area contributed by atoms with Crippen LogP contribution in [0.5, 0.6) is 0 Å². The summed E-state index contributed by atoms with van der Waals surface area (Å²) in [6, 6.07) is 10.8. The third-order valence-electron chi connectivity index (χ3n) is 6.50. The minimum atomic E-state index is -0.372. The molecule has 0 atom stereocenters. The van der Waals surface area contributed by atoms with E-state index in [4.69, 9.17) is 4.74 Å². The van der Waals surface area contributed by atoms with Crippen molar-refractivity contribution in [1.29, 1.82) is 0 Å². The first-order valence-corrected chi connectivity index (χ1v) is 10.2. The van der Waals surface area contributed by atoms with Gasteiger partial charge in [-0.15, -0.1) is 12.4 Å². The zero-order chi connectivity index (χ0) is 18.3. The van der Waals surface area contributed by atoms with Gasteiger partial charge in [-0.3, -0.25) is 4.79 Å². The van der Waals surface area contributed by atoms with Crippen LogP contribution in [0, 0.1) is 5.41 Å². The molecule has 1 saturated carbocycles. The van der Waals surface area contributed by atoms with Gasteiger partial charge in [-0.05, 0) is 44.3 Å². The highest BCUT2D eigenvalue weighted by Gasteiger charge is 2.41. The van der Waals surface area contributed by atoms with Gasteiger partial charge in [-0.2, -0.15) is 0 Å². The van der Waals surface area contributed by atoms with E-state index in [-0.39, 0.29) is 29.1 Å². The summed E-state index contributed by atoms with van der Waals surface area (Å²) in [5, 5.41) is 6.73. The summed E-state index contributed by atoms with van der Waals surface area (Å²) in [6.07, 6.45) is 9.14. The molecule has 3 rings (SSSR count). The number of hydrogen-bond donors (Lipinski definition) is 2. The Labute approximate surface area is 170 Å². The summed E-state index contributed by atoms with van der Waals surface area (Å²) >= 11 is 0. The number of benzene rings is 1. The van der Waals surface area contributed by atoms with Gasteiger partial charge in [-0.1, -0.05) is 56.0 Å². The second-order valence-electron chi connectivity index (χ2n) is 8.21. The molecule has 0 bridgehead atoms. The number of methoxy groups -OCH3 is 1. The van der Waals surface area contributed by atoms with Crippen molar-refractivity contribution in [2.24, 2.45) is 5.41 Å². The Bertz CT molecular complexity index is 559. The van der Waals surface area contributed by atoms with E-state index in [1.165, 1.54) is 31.2 Å². The molecule has 0 aromatic heterocycles. The molecule has 0 radical (unpaired) electrons. The maximum atomic E-state index is 13.2. The third-order valence-corrected chi connectivity index (χ3v) is 6.50. The summed E-state index contributed by atoms with van der Waals surface area (Å²) in [6.45, 7) is 3.04. The molecule has 1 saturated heterocycles. The van der Waals surface area contributed by atoms with Crippen molar-refractivity contribution in [3.05, 3.63) is 35.9 Å². The highest BCUT2D eigenvalue weighted by Crippen LogP contribution is 2.38. The van der Waals surface area contributed by atoms with Crippen molar-refractivity contribution in [3.8, 4) is 0 Å². The average Bonchev–Trinajstić information content (AvgIpc) is 2.94. The van der Waals surface area contributed by atoms with Crippen LogP contribution in [0.1, 0.15) is 56.9 Å². The van der Waals surface area contributed by atoms with Crippen LogP contribution in [-0.2, 0) is 14.9 Å². The molecular weight excluding hydrogens is 360 g/mol. The number of piperidine rings is 1. The smallest absolute Gasteiger partial charge is 0.228 e. The van der Waals surface area contributed by atoms with Crippen molar-refractivity contribution in [2.45, 2.75) is 56.8 Å². The Morgan fingerprint density at radius 1 is 1.04 bits per heavy atom. The molecule has 5 heteroatoms. The van der Waals surface area contributed by atoms with Crippen LogP contribution in [0.15, 0.2) is 30.3 Å². The Kier molecular flexibility index (Phi) is 8.59. The molecule has 1 heterocycles. The van der Waals surface area contributed by atoms with Gasteiger partial charge in [0.05, 0.1) is 12.0 Å². The van der Waals surface area contributed by atoms with Crippen molar-refractivity contribution < 1.29 is 9.53 Å². The van der Waals surface area contributed by atoms with E-state index in [9.17, 15) is 4.79 Å². The van der Waals surface area contributed by atoms with Gasteiger partial charge >= 0.3 is 0 Å². The molecule has 1 aliphatic heterocycles. The van der Waals surface area contributed by atoms with Crippen molar-refractivity contribution >= 4 is 18.3 Å². The Hall–Kier alpha value is -1.10.